The average Bonchev–Trinajstić information content (AvgIpc) is 2.89. The van der Waals surface area contributed by atoms with Crippen LogP contribution in [0.15, 0.2) is 35.6 Å². The molecule has 3 aliphatic rings. The van der Waals surface area contributed by atoms with Crippen molar-refractivity contribution in [2.45, 2.75) is 78.2 Å². The molecule has 1 aliphatic carbocycles. The number of benzene rings is 1. The van der Waals surface area contributed by atoms with E-state index in [0.717, 1.165) is 25.3 Å². The van der Waals surface area contributed by atoms with Crippen LogP contribution in [-0.2, 0) is 14.3 Å². The van der Waals surface area contributed by atoms with Gasteiger partial charge >= 0.3 is 0 Å². The van der Waals surface area contributed by atoms with Gasteiger partial charge in [0.2, 0.25) is 11.7 Å². The van der Waals surface area contributed by atoms with Crippen LogP contribution in [0.3, 0.4) is 0 Å². The maximum atomic E-state index is 13.5. The van der Waals surface area contributed by atoms with Crippen LogP contribution < -0.4 is 5.32 Å². The van der Waals surface area contributed by atoms with Gasteiger partial charge in [0, 0.05) is 30.2 Å². The number of Topliss-reactive ketones (excluding diaryl/α,β-unsaturated/α-hetero) is 3. The molecule has 38 heavy (non-hydrogen) atoms. The van der Waals surface area contributed by atoms with Crippen LogP contribution in [-0.4, -0.2) is 47.4 Å². The van der Waals surface area contributed by atoms with Gasteiger partial charge in [-0.2, -0.15) is 0 Å². The summed E-state index contributed by atoms with van der Waals surface area (Å²) in [6.07, 6.45) is 6.71. The minimum atomic E-state index is -0.726. The second kappa shape index (κ2) is 12.9. The van der Waals surface area contributed by atoms with Crippen LogP contribution in [0.25, 0.3) is 0 Å². The summed E-state index contributed by atoms with van der Waals surface area (Å²) in [7, 11) is 1.46. The van der Waals surface area contributed by atoms with Crippen LogP contribution in [0, 0.1) is 11.8 Å². The quantitative estimate of drug-likeness (QED) is 0.508. The lowest BCUT2D eigenvalue weighted by Crippen LogP contribution is -2.36. The van der Waals surface area contributed by atoms with Gasteiger partial charge in [0.15, 0.2) is 17.3 Å². The number of ether oxygens (including phenoxy) is 1. The number of ketones is 4. The zero-order chi connectivity index (χ0) is 28.0. The van der Waals surface area contributed by atoms with E-state index in [0.29, 0.717) is 37.7 Å². The second-order valence-electron chi connectivity index (χ2n) is 10.1. The number of nitrogens with one attached hydrogen (secondary N) is 1. The topological polar surface area (TPSA) is 127 Å². The standard InChI is InChI=1S/C30H37NO7/c1-5-7-8-10-19-15-17(3)27(34)24(38-4)12-9-11-18(6-2)28(35)26-22(32)14-13-20-25(26)23(33)16-21(29(20)36)31-30(19)37/h13-16,18-19,24,32H,5-12H2,1-4H3,(H,31,37)/t18-,19+,24+/m1/s1. The molecule has 2 aliphatic heterocycles. The maximum Gasteiger partial charge on any atom is 0.231 e. The fourth-order valence-electron chi connectivity index (χ4n) is 5.19. The Morgan fingerprint density at radius 1 is 1.00 bits per heavy atom. The molecule has 2 heterocycles. The van der Waals surface area contributed by atoms with Crippen molar-refractivity contribution < 1.29 is 33.8 Å². The molecule has 2 N–H and O–H groups in total. The summed E-state index contributed by atoms with van der Waals surface area (Å²) in [4.78, 5) is 66.6. The van der Waals surface area contributed by atoms with Crippen molar-refractivity contribution in [3.05, 3.63) is 52.2 Å². The number of hydrogen-bond acceptors (Lipinski definition) is 7. The van der Waals surface area contributed by atoms with E-state index < -0.39 is 41.2 Å². The van der Waals surface area contributed by atoms with Crippen molar-refractivity contribution in [3.8, 4) is 5.75 Å². The first kappa shape index (κ1) is 29.2. The molecule has 0 unspecified atom stereocenters. The predicted octanol–water partition coefficient (Wildman–Crippen LogP) is 4.89. The number of hydrogen-bond donors (Lipinski definition) is 2. The van der Waals surface area contributed by atoms with E-state index in [1.165, 1.54) is 19.2 Å². The van der Waals surface area contributed by atoms with Gasteiger partial charge in [0.05, 0.1) is 17.2 Å². The van der Waals surface area contributed by atoms with E-state index in [2.05, 4.69) is 5.32 Å². The van der Waals surface area contributed by atoms with Gasteiger partial charge in [-0.25, -0.2) is 0 Å². The molecule has 8 heteroatoms. The summed E-state index contributed by atoms with van der Waals surface area (Å²) in [5.74, 6) is -3.98. The van der Waals surface area contributed by atoms with Crippen molar-refractivity contribution >= 4 is 29.0 Å². The Kier molecular flexibility index (Phi) is 9.91. The van der Waals surface area contributed by atoms with E-state index in [-0.39, 0.29) is 33.9 Å². The van der Waals surface area contributed by atoms with Crippen LogP contribution in [0.5, 0.6) is 5.75 Å². The number of aromatic hydroxyl groups is 1. The lowest BCUT2D eigenvalue weighted by Gasteiger charge is -2.22. The van der Waals surface area contributed by atoms with Crippen molar-refractivity contribution in [1.82, 2.24) is 5.32 Å². The van der Waals surface area contributed by atoms with E-state index >= 15 is 0 Å². The van der Waals surface area contributed by atoms with Crippen LogP contribution in [0.4, 0.5) is 0 Å². The minimum Gasteiger partial charge on any atom is -0.507 e. The van der Waals surface area contributed by atoms with Gasteiger partial charge < -0.3 is 15.2 Å². The predicted molar refractivity (Wildman–Crippen MR) is 142 cm³/mol. The first-order valence-corrected chi connectivity index (χ1v) is 13.4. The third kappa shape index (κ3) is 6.18. The number of rotatable bonds is 6. The number of amides is 1. The molecule has 1 aromatic carbocycles. The molecule has 204 valence electrons. The lowest BCUT2D eigenvalue weighted by atomic mass is 9.82. The molecule has 0 fully saturated rings. The van der Waals surface area contributed by atoms with Crippen molar-refractivity contribution in [1.29, 1.82) is 0 Å². The van der Waals surface area contributed by atoms with Crippen molar-refractivity contribution in [2.75, 3.05) is 7.11 Å². The molecule has 0 aromatic heterocycles. The van der Waals surface area contributed by atoms with Gasteiger partial charge in [-0.15, -0.1) is 0 Å². The summed E-state index contributed by atoms with van der Waals surface area (Å²) >= 11 is 0. The zero-order valence-corrected chi connectivity index (χ0v) is 22.6. The smallest absolute Gasteiger partial charge is 0.231 e. The third-order valence-electron chi connectivity index (χ3n) is 7.45. The molecule has 0 spiro atoms. The number of allylic oxidation sites excluding steroid dienone is 2. The molecule has 0 saturated carbocycles. The lowest BCUT2D eigenvalue weighted by molar-refractivity contribution is -0.125. The second-order valence-corrected chi connectivity index (χ2v) is 10.1. The largest absolute Gasteiger partial charge is 0.507 e. The fourth-order valence-corrected chi connectivity index (χ4v) is 5.19. The van der Waals surface area contributed by atoms with Crippen molar-refractivity contribution in [2.24, 2.45) is 11.8 Å². The Hall–Kier alpha value is -3.39. The van der Waals surface area contributed by atoms with Crippen LogP contribution in [0.1, 0.15) is 103 Å². The highest BCUT2D eigenvalue weighted by molar-refractivity contribution is 6.28. The fraction of sp³-hybridized carbons (Fsp3) is 0.500. The van der Waals surface area contributed by atoms with Crippen molar-refractivity contribution in [3.63, 3.8) is 0 Å². The van der Waals surface area contributed by atoms with Gasteiger partial charge in [0.1, 0.15) is 11.9 Å². The summed E-state index contributed by atoms with van der Waals surface area (Å²) < 4.78 is 5.47. The summed E-state index contributed by atoms with van der Waals surface area (Å²) in [6, 6.07) is 2.54. The van der Waals surface area contributed by atoms with Gasteiger partial charge in [0.25, 0.3) is 0 Å². The highest BCUT2D eigenvalue weighted by Gasteiger charge is 2.35. The first-order valence-electron chi connectivity index (χ1n) is 13.4. The molecule has 1 aromatic rings. The number of carbonyl (C=O) groups is 5. The van der Waals surface area contributed by atoms with Crippen LogP contribution in [0.2, 0.25) is 0 Å². The Bertz CT molecular complexity index is 1190. The monoisotopic (exact) mass is 523 g/mol. The minimum absolute atomic E-state index is 0.0306. The number of unbranched alkanes of at least 4 members (excludes halogenated alkanes) is 2. The highest BCUT2D eigenvalue weighted by atomic mass is 16.5. The summed E-state index contributed by atoms with van der Waals surface area (Å²) in [5.41, 5.74) is -0.147. The third-order valence-corrected chi connectivity index (χ3v) is 7.45. The van der Waals surface area contributed by atoms with Gasteiger partial charge in [-0.05, 0) is 56.7 Å². The maximum absolute atomic E-state index is 13.5. The van der Waals surface area contributed by atoms with Gasteiger partial charge in [-0.3, -0.25) is 24.0 Å². The van der Waals surface area contributed by atoms with Gasteiger partial charge in [-0.1, -0.05) is 39.2 Å². The normalized spacial score (nSPS) is 23.2. The van der Waals surface area contributed by atoms with Crippen LogP contribution >= 0.6 is 0 Å². The van der Waals surface area contributed by atoms with E-state index in [4.69, 9.17) is 4.74 Å². The molecular weight excluding hydrogens is 486 g/mol. The molecule has 3 atom stereocenters. The molecule has 0 saturated heterocycles. The molecule has 8 nitrogen and oxygen atoms in total. The number of phenols is 1. The number of carbonyl (C=O) groups excluding carboxylic acids is 5. The molecule has 4 bridgehead atoms. The molecule has 4 rings (SSSR count). The SMILES string of the molecule is CCCCC[C@H]1C=C(C)C(=O)[C@@H](OC)CCC[C@@H](CC)C(=O)c2c(O)ccc3c2C(=O)C=C(NC1=O)C3=O. The zero-order valence-electron chi connectivity index (χ0n) is 22.6. The molecule has 0 radical (unpaired) electrons. The average molecular weight is 524 g/mol. The molecular formula is C30H37NO7. The van der Waals surface area contributed by atoms with E-state index in [9.17, 15) is 29.1 Å². The Labute approximate surface area is 223 Å². The highest BCUT2D eigenvalue weighted by Crippen LogP contribution is 2.34. The Morgan fingerprint density at radius 3 is 2.39 bits per heavy atom. The number of phenolic OH excluding ortho intramolecular Hbond substituents is 1. The van der Waals surface area contributed by atoms with E-state index in [1.54, 1.807) is 13.0 Å². The summed E-state index contributed by atoms with van der Waals surface area (Å²) in [6.45, 7) is 5.53. The Morgan fingerprint density at radius 2 is 1.74 bits per heavy atom. The number of fused-ring (bicyclic) bond motifs is 11. The van der Waals surface area contributed by atoms with E-state index in [1.807, 2.05) is 13.8 Å². The molecule has 1 amide bonds. The number of methoxy groups -OCH3 is 1. The Balaban J connectivity index is 2.12. The summed E-state index contributed by atoms with van der Waals surface area (Å²) in [5, 5.41) is 13.2. The first-order chi connectivity index (χ1) is 18.1.